The summed E-state index contributed by atoms with van der Waals surface area (Å²) in [7, 11) is 0. The van der Waals surface area contributed by atoms with Crippen molar-refractivity contribution >= 4 is 5.91 Å². The molecule has 3 heteroatoms. The number of nitrogens with two attached hydrogens (primary N) is 1. The molecule has 1 unspecified atom stereocenters. The summed E-state index contributed by atoms with van der Waals surface area (Å²) < 4.78 is 0. The molecule has 0 bridgehead atoms. The van der Waals surface area contributed by atoms with Gasteiger partial charge < -0.3 is 11.1 Å². The van der Waals surface area contributed by atoms with Crippen LogP contribution in [0.5, 0.6) is 0 Å². The lowest BCUT2D eigenvalue weighted by Gasteiger charge is -2.30. The van der Waals surface area contributed by atoms with Crippen LogP contribution in [0.4, 0.5) is 0 Å². The number of rotatable bonds is 4. The Morgan fingerprint density at radius 3 is 2.86 bits per heavy atom. The largest absolute Gasteiger partial charge is 0.370 e. The average Bonchev–Trinajstić information content (AvgIpc) is 2.02. The van der Waals surface area contributed by atoms with Gasteiger partial charge in [-0.05, 0) is 33.1 Å². The van der Waals surface area contributed by atoms with Gasteiger partial charge in [-0.1, -0.05) is 12.2 Å². The molecule has 1 rings (SSSR count). The van der Waals surface area contributed by atoms with E-state index >= 15 is 0 Å². The molecule has 0 aliphatic heterocycles. The number of carbonyl (C=O) groups is 1. The van der Waals surface area contributed by atoms with Gasteiger partial charge in [-0.15, -0.1) is 0 Å². The van der Waals surface area contributed by atoms with Crippen LogP contribution >= 0.6 is 0 Å². The van der Waals surface area contributed by atoms with E-state index < -0.39 is 0 Å². The smallest absolute Gasteiger partial charge is 0.219 e. The van der Waals surface area contributed by atoms with Crippen LogP contribution in [-0.4, -0.2) is 17.5 Å². The van der Waals surface area contributed by atoms with E-state index in [2.05, 4.69) is 17.5 Å². The standard InChI is InChI=1S/C11H20N2O/c1-11(2,8-10(12)14)13-9-6-4-3-5-7-9/h4,6,9,13H,3,5,7-8H2,1-2H3,(H2,12,14). The van der Waals surface area contributed by atoms with E-state index in [1.165, 1.54) is 12.8 Å². The maximum absolute atomic E-state index is 10.8. The Hall–Kier alpha value is -0.830. The van der Waals surface area contributed by atoms with E-state index in [0.717, 1.165) is 6.42 Å². The fourth-order valence-electron chi connectivity index (χ4n) is 1.92. The predicted octanol–water partition coefficient (Wildman–Crippen LogP) is 1.34. The van der Waals surface area contributed by atoms with E-state index in [1.807, 2.05) is 13.8 Å². The SMILES string of the molecule is CC(C)(CC(N)=O)NC1C=CCCC1. The quantitative estimate of drug-likeness (QED) is 0.667. The van der Waals surface area contributed by atoms with Gasteiger partial charge in [-0.3, -0.25) is 4.79 Å². The minimum atomic E-state index is -0.248. The first kappa shape index (κ1) is 11.2. The molecule has 0 spiro atoms. The summed E-state index contributed by atoms with van der Waals surface area (Å²) in [5.41, 5.74) is 4.99. The number of allylic oxidation sites excluding steroid dienone is 1. The highest BCUT2D eigenvalue weighted by Gasteiger charge is 2.23. The van der Waals surface area contributed by atoms with Crippen molar-refractivity contribution in [3.63, 3.8) is 0 Å². The van der Waals surface area contributed by atoms with Crippen molar-refractivity contribution < 1.29 is 4.79 Å². The molecule has 3 nitrogen and oxygen atoms in total. The highest BCUT2D eigenvalue weighted by atomic mass is 16.1. The Morgan fingerprint density at radius 2 is 2.36 bits per heavy atom. The van der Waals surface area contributed by atoms with Crippen molar-refractivity contribution in [2.45, 2.75) is 51.1 Å². The van der Waals surface area contributed by atoms with Gasteiger partial charge in [0.25, 0.3) is 0 Å². The first-order chi connectivity index (χ1) is 6.49. The van der Waals surface area contributed by atoms with Crippen LogP contribution in [0.1, 0.15) is 39.5 Å². The summed E-state index contributed by atoms with van der Waals surface area (Å²) in [6, 6.07) is 0.401. The zero-order valence-electron chi connectivity index (χ0n) is 9.05. The second-order valence-electron chi connectivity index (χ2n) is 4.64. The number of hydrogen-bond acceptors (Lipinski definition) is 2. The summed E-state index contributed by atoms with van der Waals surface area (Å²) in [6.45, 7) is 4.03. The predicted molar refractivity (Wildman–Crippen MR) is 57.8 cm³/mol. The third-order valence-corrected chi connectivity index (χ3v) is 2.45. The van der Waals surface area contributed by atoms with Gasteiger partial charge in [0.2, 0.25) is 5.91 Å². The summed E-state index contributed by atoms with van der Waals surface area (Å²) in [6.07, 6.45) is 8.32. The molecular formula is C11H20N2O. The van der Waals surface area contributed by atoms with Crippen LogP contribution in [0.25, 0.3) is 0 Å². The monoisotopic (exact) mass is 196 g/mol. The molecule has 3 N–H and O–H groups in total. The third kappa shape index (κ3) is 3.92. The van der Waals surface area contributed by atoms with Gasteiger partial charge in [-0.2, -0.15) is 0 Å². The first-order valence-electron chi connectivity index (χ1n) is 5.22. The van der Waals surface area contributed by atoms with Gasteiger partial charge in [0, 0.05) is 18.0 Å². The van der Waals surface area contributed by atoms with Crippen molar-refractivity contribution in [3.05, 3.63) is 12.2 Å². The molecule has 1 aliphatic rings. The zero-order chi connectivity index (χ0) is 10.6. The van der Waals surface area contributed by atoms with E-state index in [9.17, 15) is 4.79 Å². The topological polar surface area (TPSA) is 55.1 Å². The second kappa shape index (κ2) is 4.60. The molecule has 0 radical (unpaired) electrons. The number of amides is 1. The maximum Gasteiger partial charge on any atom is 0.219 e. The van der Waals surface area contributed by atoms with E-state index in [4.69, 9.17) is 5.73 Å². The highest BCUT2D eigenvalue weighted by Crippen LogP contribution is 2.15. The molecule has 1 atom stereocenters. The minimum absolute atomic E-state index is 0.196. The van der Waals surface area contributed by atoms with Crippen LogP contribution in [0.2, 0.25) is 0 Å². The van der Waals surface area contributed by atoms with Crippen molar-refractivity contribution in [1.82, 2.24) is 5.32 Å². The number of primary amides is 1. The van der Waals surface area contributed by atoms with E-state index in [-0.39, 0.29) is 11.4 Å². The van der Waals surface area contributed by atoms with Crippen LogP contribution in [0, 0.1) is 0 Å². The Morgan fingerprint density at radius 1 is 1.64 bits per heavy atom. The molecule has 0 heterocycles. The molecule has 0 saturated heterocycles. The molecule has 1 aliphatic carbocycles. The Balaban J connectivity index is 2.44. The van der Waals surface area contributed by atoms with Crippen molar-refractivity contribution in [1.29, 1.82) is 0 Å². The van der Waals surface area contributed by atoms with E-state index in [0.29, 0.717) is 12.5 Å². The van der Waals surface area contributed by atoms with Gasteiger partial charge >= 0.3 is 0 Å². The lowest BCUT2D eigenvalue weighted by atomic mass is 9.95. The molecule has 0 aromatic heterocycles. The molecule has 0 aromatic rings. The Kier molecular flexibility index (Phi) is 3.69. The molecule has 0 saturated carbocycles. The zero-order valence-corrected chi connectivity index (χ0v) is 9.05. The highest BCUT2D eigenvalue weighted by molar-refractivity contribution is 5.75. The van der Waals surface area contributed by atoms with Crippen LogP contribution in [-0.2, 0) is 4.79 Å². The van der Waals surface area contributed by atoms with Crippen molar-refractivity contribution in [2.24, 2.45) is 5.73 Å². The fourth-order valence-corrected chi connectivity index (χ4v) is 1.92. The number of hydrogen-bond donors (Lipinski definition) is 2. The maximum atomic E-state index is 10.8. The first-order valence-corrected chi connectivity index (χ1v) is 5.22. The summed E-state index contributed by atoms with van der Waals surface area (Å²) >= 11 is 0. The summed E-state index contributed by atoms with van der Waals surface area (Å²) in [4.78, 5) is 10.8. The van der Waals surface area contributed by atoms with E-state index in [1.54, 1.807) is 0 Å². The Labute approximate surface area is 85.7 Å². The lowest BCUT2D eigenvalue weighted by molar-refractivity contribution is -0.119. The van der Waals surface area contributed by atoms with Gasteiger partial charge in [0.05, 0.1) is 0 Å². The lowest BCUT2D eigenvalue weighted by Crippen LogP contribution is -2.47. The fraction of sp³-hybridized carbons (Fsp3) is 0.727. The third-order valence-electron chi connectivity index (χ3n) is 2.45. The molecule has 1 amide bonds. The van der Waals surface area contributed by atoms with Crippen LogP contribution in [0.3, 0.4) is 0 Å². The van der Waals surface area contributed by atoms with Gasteiger partial charge in [0.1, 0.15) is 0 Å². The van der Waals surface area contributed by atoms with Crippen LogP contribution < -0.4 is 11.1 Å². The number of nitrogens with one attached hydrogen (secondary N) is 1. The Bertz CT molecular complexity index is 233. The van der Waals surface area contributed by atoms with Gasteiger partial charge in [0.15, 0.2) is 0 Å². The average molecular weight is 196 g/mol. The summed E-state index contributed by atoms with van der Waals surface area (Å²) in [5, 5.41) is 3.44. The van der Waals surface area contributed by atoms with Crippen molar-refractivity contribution in [3.8, 4) is 0 Å². The molecule has 0 fully saturated rings. The normalized spacial score (nSPS) is 22.3. The molecule has 14 heavy (non-hydrogen) atoms. The molecular weight excluding hydrogens is 176 g/mol. The number of carbonyl (C=O) groups excluding carboxylic acids is 1. The van der Waals surface area contributed by atoms with Crippen LogP contribution in [0.15, 0.2) is 12.2 Å². The summed E-state index contributed by atoms with van der Waals surface area (Å²) in [5.74, 6) is -0.248. The minimum Gasteiger partial charge on any atom is -0.370 e. The van der Waals surface area contributed by atoms with Crippen molar-refractivity contribution in [2.75, 3.05) is 0 Å². The second-order valence-corrected chi connectivity index (χ2v) is 4.64. The molecule has 0 aromatic carbocycles. The molecule has 80 valence electrons. The van der Waals surface area contributed by atoms with Gasteiger partial charge in [-0.25, -0.2) is 0 Å².